The van der Waals surface area contributed by atoms with E-state index in [-0.39, 0.29) is 19.6 Å². The maximum absolute atomic E-state index is 11.7. The lowest BCUT2D eigenvalue weighted by atomic mass is 9.95. The highest BCUT2D eigenvalue weighted by Gasteiger charge is 2.59. The van der Waals surface area contributed by atoms with Gasteiger partial charge in [-0.2, -0.15) is 0 Å². The summed E-state index contributed by atoms with van der Waals surface area (Å²) in [7, 11) is 0. The van der Waals surface area contributed by atoms with Gasteiger partial charge in [-0.25, -0.2) is 0 Å². The molecule has 472 valence electrons. The van der Waals surface area contributed by atoms with Crippen LogP contribution in [0.25, 0.3) is 0 Å². The first-order valence-corrected chi connectivity index (χ1v) is 26.4. The summed E-state index contributed by atoms with van der Waals surface area (Å²) in [4.78, 5) is 0. The molecule has 21 saturated heterocycles. The van der Waals surface area contributed by atoms with E-state index in [4.69, 9.17) is 72.0 Å². The minimum Gasteiger partial charge on any atom is -0.394 e. The highest BCUT2D eigenvalue weighted by Crippen LogP contribution is 2.39. The summed E-state index contributed by atoms with van der Waals surface area (Å²) in [6.45, 7) is -5.95. The molecule has 14 bridgehead atoms. The number of hydrogen-bond donors (Lipinski definition) is 22. The van der Waals surface area contributed by atoms with E-state index < -0.39 is 255 Å². The lowest BCUT2D eigenvalue weighted by molar-refractivity contribution is -0.396. The standard InChI is InChI=1S/C45H78N2O34/c46-2-1-3-47-4-11-32-18(54)25(61)39(68-11)76-33-12(5-48)70-41(27(63)20(33)56)78-35-14(7-50)72-43(29(65)22(35)58)80-37-16(9-52)74-45(31(67)24(37)60)81-38-17(10-53)73-44(30(66)23(38)59)79-36-15(8-51)71-42(28(64)21(36)57)77-34-13(6-49)69-40(75-32)26(62)19(34)55/h11-45,47-67H,1-10,46H2/t11-,12+,13-,14+,15-,16+,17-,18+,19+,20+,21+,22-,23+,24+,25+,26+,27-,28+,29-,30+,31+,32+,33+,34+,35+,36+,37+,38+,39+,40+,41+,42+,43+,44+,45+/m0/s1. The van der Waals surface area contributed by atoms with Crippen molar-refractivity contribution in [2.24, 2.45) is 5.73 Å². The number of nitrogens with one attached hydrogen (secondary N) is 1. The van der Waals surface area contributed by atoms with E-state index in [1.807, 2.05) is 0 Å². The maximum Gasteiger partial charge on any atom is 0.187 e. The van der Waals surface area contributed by atoms with Gasteiger partial charge in [-0.1, -0.05) is 0 Å². The molecular weight excluding hydrogens is 1110 g/mol. The topological polar surface area (TPSA) is 572 Å². The zero-order valence-corrected chi connectivity index (χ0v) is 43.0. The summed E-state index contributed by atoms with van der Waals surface area (Å²) in [5.74, 6) is 0. The van der Waals surface area contributed by atoms with Crippen LogP contribution >= 0.6 is 0 Å². The average molecular weight is 1190 g/mol. The van der Waals surface area contributed by atoms with Gasteiger partial charge in [0.15, 0.2) is 44.0 Å². The number of aliphatic hydroxyl groups is 20. The molecule has 0 unspecified atom stereocenters. The van der Waals surface area contributed by atoms with Crippen molar-refractivity contribution in [1.29, 1.82) is 0 Å². The van der Waals surface area contributed by atoms with Gasteiger partial charge in [0.1, 0.15) is 171 Å². The average Bonchev–Trinajstić information content (AvgIpc) is 3.47. The van der Waals surface area contributed by atoms with Gasteiger partial charge in [-0.3, -0.25) is 0 Å². The third-order valence-corrected chi connectivity index (χ3v) is 15.5. The van der Waals surface area contributed by atoms with Crippen molar-refractivity contribution in [3.05, 3.63) is 0 Å². The fraction of sp³-hybridized carbons (Fsp3) is 1.00. The summed E-state index contributed by atoms with van der Waals surface area (Å²) < 4.78 is 80.9. The van der Waals surface area contributed by atoms with Crippen LogP contribution in [0.15, 0.2) is 0 Å². The quantitative estimate of drug-likeness (QED) is 0.0854. The van der Waals surface area contributed by atoms with E-state index in [1.165, 1.54) is 0 Å². The minimum absolute atomic E-state index is 0.234. The van der Waals surface area contributed by atoms with E-state index in [9.17, 15) is 102 Å². The number of nitrogens with two attached hydrogens (primary N) is 1. The molecule has 36 heteroatoms. The molecule has 81 heavy (non-hydrogen) atoms. The molecule has 21 rings (SSSR count). The molecule has 0 amide bonds. The number of ether oxygens (including phenoxy) is 14. The summed E-state index contributed by atoms with van der Waals surface area (Å²) in [5, 5.41) is 225. The van der Waals surface area contributed by atoms with Crippen molar-refractivity contribution in [2.45, 2.75) is 221 Å². The SMILES string of the molecule is NCCCNC[C@@H]1O[C@@H]2O[C@H]3[C@H](O)[C@H](O)[C@@H](O[C@H]4[C@@H](O)[C@H](O)[C@@H](O[C@H]5[C@H](O)[C@@H](O)[C@@H](O[C@H]6[C@H](O)[C@@H](O)[C@@H](O[C@H]7[C@H](O)[C@@H](O)[C@@H](O[C@H]8[C@H](O)[C@@H](O)[C@@H](O[C@H]1[C@H](O)[C@H]2O)O[C@H]8CO)O[C@H]7CO)O[C@H]6CO)O[C@@H]5CO)O[C@@H]4CO)O[C@@H]3CO. The summed E-state index contributed by atoms with van der Waals surface area (Å²) in [6.07, 6.45) is -68.6. The summed E-state index contributed by atoms with van der Waals surface area (Å²) in [5.41, 5.74) is 5.65. The Morgan fingerprint density at radius 3 is 0.593 bits per heavy atom. The van der Waals surface area contributed by atoms with Gasteiger partial charge in [0.05, 0.1) is 39.6 Å². The number of rotatable bonds is 11. The fourth-order valence-electron chi connectivity index (χ4n) is 10.9. The number of aliphatic hydroxyl groups excluding tert-OH is 20. The first-order chi connectivity index (χ1) is 38.7. The molecule has 0 saturated carbocycles. The molecule has 21 aliphatic heterocycles. The molecule has 0 radical (unpaired) electrons. The van der Waals surface area contributed by atoms with Crippen LogP contribution in [0.5, 0.6) is 0 Å². The molecule has 36 nitrogen and oxygen atoms in total. The highest BCUT2D eigenvalue weighted by atomic mass is 16.8. The maximum atomic E-state index is 11.7. The van der Waals surface area contributed by atoms with Gasteiger partial charge < -0.3 is 179 Å². The van der Waals surface area contributed by atoms with Crippen molar-refractivity contribution < 1.29 is 168 Å². The third kappa shape index (κ3) is 13.5. The zero-order valence-electron chi connectivity index (χ0n) is 43.0. The molecule has 21 heterocycles. The highest BCUT2D eigenvalue weighted by molar-refractivity contribution is 5.02. The van der Waals surface area contributed by atoms with E-state index in [2.05, 4.69) is 5.32 Å². The normalized spacial score (nSPS) is 53.2. The second-order valence-electron chi connectivity index (χ2n) is 20.8. The predicted octanol–water partition coefficient (Wildman–Crippen LogP) is -15.3. The lowest BCUT2D eigenvalue weighted by Gasteiger charge is -2.50. The van der Waals surface area contributed by atoms with Crippen LogP contribution in [0.3, 0.4) is 0 Å². The Morgan fingerprint density at radius 2 is 0.420 bits per heavy atom. The molecule has 21 fully saturated rings. The smallest absolute Gasteiger partial charge is 0.187 e. The molecule has 23 N–H and O–H groups in total. The molecular formula is C45H78N2O34. The molecule has 35 atom stereocenters. The van der Waals surface area contributed by atoms with Gasteiger partial charge in [0.25, 0.3) is 0 Å². The van der Waals surface area contributed by atoms with Gasteiger partial charge in [-0.15, -0.1) is 0 Å². The van der Waals surface area contributed by atoms with Crippen LogP contribution < -0.4 is 11.1 Å². The Balaban J connectivity index is 1.09. The van der Waals surface area contributed by atoms with Gasteiger partial charge in [-0.05, 0) is 19.5 Å². The summed E-state index contributed by atoms with van der Waals surface area (Å²) in [6, 6.07) is 0. The molecule has 0 aromatic rings. The van der Waals surface area contributed by atoms with E-state index in [1.54, 1.807) is 0 Å². The van der Waals surface area contributed by atoms with Gasteiger partial charge >= 0.3 is 0 Å². The van der Waals surface area contributed by atoms with E-state index in [0.717, 1.165) is 0 Å². The molecule has 0 aromatic carbocycles. The van der Waals surface area contributed by atoms with Crippen LogP contribution in [0.1, 0.15) is 6.42 Å². The van der Waals surface area contributed by atoms with Crippen LogP contribution in [-0.4, -0.2) is 376 Å². The first-order valence-electron chi connectivity index (χ1n) is 26.4. The van der Waals surface area contributed by atoms with Crippen LogP contribution in [0, 0.1) is 0 Å². The second kappa shape index (κ2) is 28.6. The lowest BCUT2D eigenvalue weighted by Crippen LogP contribution is -2.68. The Bertz CT molecular complexity index is 1900. The third-order valence-electron chi connectivity index (χ3n) is 15.5. The fourth-order valence-corrected chi connectivity index (χ4v) is 10.9. The van der Waals surface area contributed by atoms with Gasteiger partial charge in [0.2, 0.25) is 0 Å². The second-order valence-corrected chi connectivity index (χ2v) is 20.8. The van der Waals surface area contributed by atoms with E-state index in [0.29, 0.717) is 6.42 Å². The van der Waals surface area contributed by atoms with Crippen molar-refractivity contribution >= 4 is 0 Å². The van der Waals surface area contributed by atoms with Crippen molar-refractivity contribution in [2.75, 3.05) is 59.3 Å². The molecule has 0 spiro atoms. The van der Waals surface area contributed by atoms with Crippen LogP contribution in [0.4, 0.5) is 0 Å². The Hall–Kier alpha value is -1.44. The first kappa shape index (κ1) is 65.5. The van der Waals surface area contributed by atoms with Crippen molar-refractivity contribution in [1.82, 2.24) is 5.32 Å². The Morgan fingerprint density at radius 1 is 0.247 bits per heavy atom. The van der Waals surface area contributed by atoms with Crippen molar-refractivity contribution in [3.8, 4) is 0 Å². The van der Waals surface area contributed by atoms with Crippen LogP contribution in [-0.2, 0) is 66.3 Å². The monoisotopic (exact) mass is 1190 g/mol. The van der Waals surface area contributed by atoms with Gasteiger partial charge in [0, 0.05) is 6.54 Å². The van der Waals surface area contributed by atoms with Crippen LogP contribution in [0.2, 0.25) is 0 Å². The Kier molecular flexibility index (Phi) is 23.1. The van der Waals surface area contributed by atoms with E-state index >= 15 is 0 Å². The largest absolute Gasteiger partial charge is 0.394 e. The van der Waals surface area contributed by atoms with Crippen molar-refractivity contribution in [3.63, 3.8) is 0 Å². The number of hydrogen-bond acceptors (Lipinski definition) is 36. The summed E-state index contributed by atoms with van der Waals surface area (Å²) >= 11 is 0. The Labute approximate surface area is 459 Å². The zero-order chi connectivity index (χ0) is 58.9. The molecule has 0 aliphatic carbocycles. The minimum atomic E-state index is -2.20. The molecule has 21 aliphatic rings. The molecule has 0 aromatic heterocycles. The predicted molar refractivity (Wildman–Crippen MR) is 248 cm³/mol.